The van der Waals surface area contributed by atoms with Crippen LogP contribution >= 0.6 is 7.60 Å². The van der Waals surface area contributed by atoms with Gasteiger partial charge in [-0.1, -0.05) is 12.2 Å². The fraction of sp³-hybridized carbons (Fsp3) is 0.556. The van der Waals surface area contributed by atoms with Gasteiger partial charge in [0.25, 0.3) is 0 Å². The summed E-state index contributed by atoms with van der Waals surface area (Å²) in [7, 11) is -4.41. The van der Waals surface area contributed by atoms with E-state index in [9.17, 15) is 4.57 Å². The van der Waals surface area contributed by atoms with Crippen molar-refractivity contribution in [3.05, 3.63) is 25.3 Å². The summed E-state index contributed by atoms with van der Waals surface area (Å²) in [6.07, 6.45) is 2.91. The lowest BCUT2D eigenvalue weighted by molar-refractivity contribution is 0.0527. The van der Waals surface area contributed by atoms with Gasteiger partial charge < -0.3 is 25.0 Å². The Bertz CT molecular complexity index is 265. The van der Waals surface area contributed by atoms with E-state index in [1.54, 1.807) is 0 Å². The van der Waals surface area contributed by atoms with Crippen LogP contribution < -0.4 is 5.73 Å². The molecule has 94 valence electrons. The Morgan fingerprint density at radius 1 is 1.31 bits per heavy atom. The number of hydrogen-bond acceptors (Lipinski definition) is 4. The van der Waals surface area contributed by atoms with E-state index in [0.29, 0.717) is 0 Å². The first-order chi connectivity index (χ1) is 7.43. The van der Waals surface area contributed by atoms with E-state index >= 15 is 0 Å². The fourth-order valence-corrected chi connectivity index (χ4v) is 1.87. The standard InChI is InChI=1S/C9H18NO5P/c1-3-5-14-7-8(10)9(15-6-4-2)16(11,12)13/h3-4,8-9H,1-2,5-7,10H2,(H2,11,12,13). The molecular formula is C9H18NO5P. The smallest absolute Gasteiger partial charge is 0.355 e. The molecule has 0 heterocycles. The number of ether oxygens (including phenoxy) is 2. The third-order valence-corrected chi connectivity index (χ3v) is 2.82. The fourth-order valence-electron chi connectivity index (χ4n) is 1.01. The summed E-state index contributed by atoms with van der Waals surface area (Å²) in [5.74, 6) is -1.38. The summed E-state index contributed by atoms with van der Waals surface area (Å²) in [6.45, 7) is 7.09. The SMILES string of the molecule is C=CCOCC(N)C(OCC=C)P(=O)(O)O. The molecule has 0 aliphatic heterocycles. The minimum absolute atomic E-state index is 0.0149. The van der Waals surface area contributed by atoms with Crippen molar-refractivity contribution in [1.29, 1.82) is 0 Å². The van der Waals surface area contributed by atoms with Crippen molar-refractivity contribution >= 4 is 7.60 Å². The van der Waals surface area contributed by atoms with Crippen LogP contribution in [0.2, 0.25) is 0 Å². The van der Waals surface area contributed by atoms with Gasteiger partial charge in [0.2, 0.25) is 0 Å². The lowest BCUT2D eigenvalue weighted by Crippen LogP contribution is -2.40. The molecule has 6 nitrogen and oxygen atoms in total. The van der Waals surface area contributed by atoms with Crippen molar-refractivity contribution in [2.24, 2.45) is 5.73 Å². The normalized spacial score (nSPS) is 15.4. The van der Waals surface area contributed by atoms with Crippen LogP contribution in [-0.2, 0) is 14.0 Å². The van der Waals surface area contributed by atoms with Gasteiger partial charge >= 0.3 is 7.60 Å². The molecule has 0 aliphatic carbocycles. The van der Waals surface area contributed by atoms with Crippen LogP contribution in [-0.4, -0.2) is 41.5 Å². The largest absolute Gasteiger partial charge is 0.376 e. The van der Waals surface area contributed by atoms with E-state index in [1.807, 2.05) is 0 Å². The third-order valence-electron chi connectivity index (χ3n) is 1.63. The van der Waals surface area contributed by atoms with Gasteiger partial charge in [-0.15, -0.1) is 13.2 Å². The third kappa shape index (κ3) is 6.17. The summed E-state index contributed by atoms with van der Waals surface area (Å²) in [5, 5.41) is 0. The monoisotopic (exact) mass is 251 g/mol. The van der Waals surface area contributed by atoms with Gasteiger partial charge in [0.1, 0.15) is 0 Å². The zero-order valence-corrected chi connectivity index (χ0v) is 9.88. The molecule has 0 spiro atoms. The van der Waals surface area contributed by atoms with Crippen LogP contribution in [0.4, 0.5) is 0 Å². The second kappa shape index (κ2) is 7.73. The van der Waals surface area contributed by atoms with Crippen molar-refractivity contribution in [2.75, 3.05) is 19.8 Å². The molecule has 2 atom stereocenters. The van der Waals surface area contributed by atoms with Gasteiger partial charge in [-0.3, -0.25) is 4.57 Å². The van der Waals surface area contributed by atoms with Crippen LogP contribution in [0.5, 0.6) is 0 Å². The van der Waals surface area contributed by atoms with Crippen molar-refractivity contribution in [1.82, 2.24) is 0 Å². The van der Waals surface area contributed by atoms with Crippen molar-refractivity contribution in [3.63, 3.8) is 0 Å². The van der Waals surface area contributed by atoms with Gasteiger partial charge in [0.05, 0.1) is 25.9 Å². The molecule has 0 saturated heterocycles. The average molecular weight is 251 g/mol. The molecule has 0 aromatic rings. The minimum atomic E-state index is -4.41. The van der Waals surface area contributed by atoms with Crippen molar-refractivity contribution in [3.8, 4) is 0 Å². The molecule has 0 aromatic heterocycles. The van der Waals surface area contributed by atoms with Gasteiger partial charge in [-0.25, -0.2) is 0 Å². The molecule has 0 bridgehead atoms. The Morgan fingerprint density at radius 3 is 2.31 bits per heavy atom. The second-order valence-electron chi connectivity index (χ2n) is 3.09. The van der Waals surface area contributed by atoms with E-state index < -0.39 is 19.5 Å². The molecule has 16 heavy (non-hydrogen) atoms. The Kier molecular flexibility index (Phi) is 7.49. The van der Waals surface area contributed by atoms with E-state index in [2.05, 4.69) is 13.2 Å². The lowest BCUT2D eigenvalue weighted by Gasteiger charge is -2.24. The number of hydrogen-bond donors (Lipinski definition) is 3. The average Bonchev–Trinajstić information content (AvgIpc) is 2.16. The summed E-state index contributed by atoms with van der Waals surface area (Å²) < 4.78 is 21.0. The zero-order valence-electron chi connectivity index (χ0n) is 8.99. The van der Waals surface area contributed by atoms with Crippen LogP contribution in [0.15, 0.2) is 25.3 Å². The Hall–Kier alpha value is -0.490. The highest BCUT2D eigenvalue weighted by atomic mass is 31.2. The van der Waals surface area contributed by atoms with Crippen LogP contribution in [0.3, 0.4) is 0 Å². The highest BCUT2D eigenvalue weighted by Gasteiger charge is 2.35. The molecule has 0 aromatic carbocycles. The molecule has 0 amide bonds. The molecule has 2 unspecified atom stereocenters. The number of nitrogens with two attached hydrogens (primary N) is 1. The molecule has 4 N–H and O–H groups in total. The second-order valence-corrected chi connectivity index (χ2v) is 4.78. The maximum Gasteiger partial charge on any atom is 0.355 e. The predicted molar refractivity (Wildman–Crippen MR) is 61.0 cm³/mol. The molecule has 0 fully saturated rings. The van der Waals surface area contributed by atoms with Crippen LogP contribution in [0.25, 0.3) is 0 Å². The highest BCUT2D eigenvalue weighted by Crippen LogP contribution is 2.43. The van der Waals surface area contributed by atoms with E-state index in [-0.39, 0.29) is 19.8 Å². The van der Waals surface area contributed by atoms with E-state index in [4.69, 9.17) is 25.0 Å². The maximum absolute atomic E-state index is 11.1. The summed E-state index contributed by atoms with van der Waals surface area (Å²) in [6, 6.07) is -0.902. The lowest BCUT2D eigenvalue weighted by atomic mass is 10.3. The van der Waals surface area contributed by atoms with Gasteiger partial charge in [-0.2, -0.15) is 0 Å². The van der Waals surface area contributed by atoms with Crippen molar-refractivity contribution < 1.29 is 23.8 Å². The summed E-state index contributed by atoms with van der Waals surface area (Å²) in [5.41, 5.74) is 5.57. The molecule has 0 aliphatic rings. The Morgan fingerprint density at radius 2 is 1.88 bits per heavy atom. The van der Waals surface area contributed by atoms with Gasteiger partial charge in [-0.05, 0) is 0 Å². The van der Waals surface area contributed by atoms with Crippen molar-refractivity contribution in [2.45, 2.75) is 11.9 Å². The first kappa shape index (κ1) is 15.5. The number of rotatable bonds is 9. The van der Waals surface area contributed by atoms with Crippen LogP contribution in [0.1, 0.15) is 0 Å². The Balaban J connectivity index is 4.31. The Labute approximate surface area is 94.9 Å². The minimum Gasteiger partial charge on any atom is -0.376 e. The molecule has 0 saturated carbocycles. The summed E-state index contributed by atoms with van der Waals surface area (Å²) in [4.78, 5) is 18.1. The quantitative estimate of drug-likeness (QED) is 0.308. The maximum atomic E-state index is 11.1. The van der Waals surface area contributed by atoms with E-state index in [1.165, 1.54) is 12.2 Å². The van der Waals surface area contributed by atoms with Gasteiger partial charge in [0.15, 0.2) is 5.85 Å². The molecular weight excluding hydrogens is 233 g/mol. The zero-order chi connectivity index (χ0) is 12.6. The molecule has 0 radical (unpaired) electrons. The topological polar surface area (TPSA) is 102 Å². The van der Waals surface area contributed by atoms with Crippen LogP contribution in [0, 0.1) is 0 Å². The predicted octanol–water partition coefficient (Wildman–Crippen LogP) is 0.223. The molecule has 0 rings (SSSR count). The molecule has 7 heteroatoms. The first-order valence-electron chi connectivity index (χ1n) is 4.65. The highest BCUT2D eigenvalue weighted by molar-refractivity contribution is 7.52. The first-order valence-corrected chi connectivity index (χ1v) is 6.33. The van der Waals surface area contributed by atoms with Gasteiger partial charge in [0, 0.05) is 0 Å². The van der Waals surface area contributed by atoms with E-state index in [0.717, 1.165) is 0 Å². The summed E-state index contributed by atoms with van der Waals surface area (Å²) >= 11 is 0.